The van der Waals surface area contributed by atoms with E-state index in [1.807, 2.05) is 66.7 Å². The molecule has 0 aliphatic heterocycles. The van der Waals surface area contributed by atoms with Gasteiger partial charge in [-0.15, -0.1) is 0 Å². The van der Waals surface area contributed by atoms with Crippen molar-refractivity contribution in [2.75, 3.05) is 4.90 Å². The topological polar surface area (TPSA) is 8.17 Å². The summed E-state index contributed by atoms with van der Waals surface area (Å²) in [5.74, 6) is 0. The molecule has 56 heavy (non-hydrogen) atoms. The molecule has 10 rings (SSSR count). The van der Waals surface area contributed by atoms with Crippen LogP contribution in [0.4, 0.5) is 17.1 Å². The molecule has 10 aromatic rings. The van der Waals surface area contributed by atoms with Crippen molar-refractivity contribution in [1.29, 1.82) is 0 Å². The molecule has 9 aromatic carbocycles. The monoisotopic (exact) mass is 719 g/mol. The molecular formula is C54H38N2. The summed E-state index contributed by atoms with van der Waals surface area (Å²) < 4.78 is 45.4. The lowest BCUT2D eigenvalue weighted by molar-refractivity contribution is 1.18. The normalized spacial score (nSPS) is 12.5. The van der Waals surface area contributed by atoms with Gasteiger partial charge in [0.1, 0.15) is 0 Å². The zero-order chi connectivity index (χ0) is 41.6. The first-order chi connectivity index (χ1) is 29.9. The SMILES string of the molecule is [2H]c1c([2H])c([2H])c(N(c2ccccc2)c2cccc(-c3ccccc3-c3ccc4c5ccccc5n(-c5cc(-c6ccccc6)cc(-c6ccccc6)c5)c4c3)c2)c([2H])c1[2H]. The first-order valence-corrected chi connectivity index (χ1v) is 18.8. The summed E-state index contributed by atoms with van der Waals surface area (Å²) in [4.78, 5) is 1.75. The van der Waals surface area contributed by atoms with Crippen molar-refractivity contribution in [3.8, 4) is 50.2 Å². The van der Waals surface area contributed by atoms with Gasteiger partial charge >= 0.3 is 0 Å². The maximum Gasteiger partial charge on any atom is 0.0645 e. The Balaban J connectivity index is 1.15. The Bertz CT molecular complexity index is 3170. The Morgan fingerprint density at radius 1 is 0.339 bits per heavy atom. The molecule has 1 heterocycles. The molecule has 0 saturated carbocycles. The Hall–Kier alpha value is -7.42. The van der Waals surface area contributed by atoms with Crippen molar-refractivity contribution in [1.82, 2.24) is 4.57 Å². The maximum absolute atomic E-state index is 8.91. The minimum absolute atomic E-state index is 0.0904. The van der Waals surface area contributed by atoms with Crippen LogP contribution in [0.1, 0.15) is 6.85 Å². The van der Waals surface area contributed by atoms with E-state index >= 15 is 0 Å². The van der Waals surface area contributed by atoms with Crippen molar-refractivity contribution in [2.24, 2.45) is 0 Å². The predicted octanol–water partition coefficient (Wildman–Crippen LogP) is 14.9. The fourth-order valence-electron chi connectivity index (χ4n) is 7.89. The number of hydrogen-bond acceptors (Lipinski definition) is 1. The molecule has 0 bridgehead atoms. The van der Waals surface area contributed by atoms with Crippen molar-refractivity contribution >= 4 is 38.9 Å². The number of hydrogen-bond donors (Lipinski definition) is 0. The van der Waals surface area contributed by atoms with Gasteiger partial charge in [0.15, 0.2) is 0 Å². The number of fused-ring (bicyclic) bond motifs is 3. The van der Waals surface area contributed by atoms with Crippen LogP contribution in [-0.2, 0) is 0 Å². The van der Waals surface area contributed by atoms with Crippen LogP contribution in [0.3, 0.4) is 0 Å². The lowest BCUT2D eigenvalue weighted by Gasteiger charge is -2.26. The Morgan fingerprint density at radius 3 is 1.55 bits per heavy atom. The summed E-state index contributed by atoms with van der Waals surface area (Å²) in [5, 5.41) is 2.33. The highest BCUT2D eigenvalue weighted by molar-refractivity contribution is 6.10. The van der Waals surface area contributed by atoms with E-state index in [-0.39, 0.29) is 29.9 Å². The molecule has 0 N–H and O–H groups in total. The van der Waals surface area contributed by atoms with Gasteiger partial charge in [-0.3, -0.25) is 0 Å². The molecular weight excluding hydrogens is 677 g/mol. The Labute approximate surface area is 334 Å². The third-order valence-electron chi connectivity index (χ3n) is 10.4. The zero-order valence-electron chi connectivity index (χ0n) is 35.4. The summed E-state index contributed by atoms with van der Waals surface area (Å²) in [6.45, 7) is 0. The van der Waals surface area contributed by atoms with Gasteiger partial charge in [0.25, 0.3) is 0 Å². The summed E-state index contributed by atoms with van der Waals surface area (Å²) >= 11 is 0. The minimum atomic E-state index is -0.425. The molecule has 0 atom stereocenters. The number of aromatic nitrogens is 1. The van der Waals surface area contributed by atoms with E-state index in [4.69, 9.17) is 6.85 Å². The summed E-state index contributed by atoms with van der Waals surface area (Å²) in [7, 11) is 0. The molecule has 0 aliphatic rings. The molecule has 0 radical (unpaired) electrons. The van der Waals surface area contributed by atoms with Crippen LogP contribution in [0.15, 0.2) is 230 Å². The molecule has 0 spiro atoms. The molecule has 0 amide bonds. The van der Waals surface area contributed by atoms with E-state index in [0.717, 1.165) is 66.6 Å². The van der Waals surface area contributed by atoms with Gasteiger partial charge < -0.3 is 9.47 Å². The van der Waals surface area contributed by atoms with Gasteiger partial charge in [-0.05, 0) is 111 Å². The number of para-hydroxylation sites is 3. The van der Waals surface area contributed by atoms with Gasteiger partial charge in [-0.2, -0.15) is 0 Å². The molecule has 0 saturated heterocycles. The lowest BCUT2D eigenvalue weighted by atomic mass is 9.93. The van der Waals surface area contributed by atoms with E-state index in [0.29, 0.717) is 11.4 Å². The first kappa shape index (κ1) is 28.1. The van der Waals surface area contributed by atoms with Crippen molar-refractivity contribution in [3.63, 3.8) is 0 Å². The zero-order valence-corrected chi connectivity index (χ0v) is 30.4. The van der Waals surface area contributed by atoms with Gasteiger partial charge in [0.05, 0.1) is 17.9 Å². The van der Waals surface area contributed by atoms with Crippen LogP contribution in [0.25, 0.3) is 72.0 Å². The van der Waals surface area contributed by atoms with Crippen LogP contribution in [0.2, 0.25) is 0 Å². The fraction of sp³-hybridized carbons (Fsp3) is 0. The molecule has 0 unspecified atom stereocenters. The number of rotatable bonds is 8. The van der Waals surface area contributed by atoms with E-state index in [2.05, 4.69) is 138 Å². The summed E-state index contributed by atoms with van der Waals surface area (Å²) in [5.41, 5.74) is 13.3. The van der Waals surface area contributed by atoms with Gasteiger partial charge in [0, 0.05) is 33.5 Å². The molecule has 2 heteroatoms. The first-order valence-electron chi connectivity index (χ1n) is 21.3. The van der Waals surface area contributed by atoms with Gasteiger partial charge in [0.2, 0.25) is 0 Å². The highest BCUT2D eigenvalue weighted by atomic mass is 15.1. The quantitative estimate of drug-likeness (QED) is 0.152. The number of benzene rings is 9. The van der Waals surface area contributed by atoms with Crippen molar-refractivity contribution in [3.05, 3.63) is 230 Å². The van der Waals surface area contributed by atoms with Crippen LogP contribution in [0.5, 0.6) is 0 Å². The smallest absolute Gasteiger partial charge is 0.0645 e. The Morgan fingerprint density at radius 2 is 0.875 bits per heavy atom. The second kappa shape index (κ2) is 14.4. The second-order valence-electron chi connectivity index (χ2n) is 13.8. The standard InChI is InChI=1S/C54H38N2/c1-5-18-39(19-6-1)43-34-44(40-20-7-2-8-21-40)37-48(36-43)56-53-31-16-15-30-51(53)52-33-32-42(38-54(52)56)50-29-14-13-28-49(50)41-22-17-27-47(35-41)55(45-23-9-3-10-24-45)46-25-11-4-12-26-46/h1-38H/i3D,9D,10D,23D,24D. The highest BCUT2D eigenvalue weighted by Crippen LogP contribution is 2.41. The maximum atomic E-state index is 8.91. The third kappa shape index (κ3) is 6.14. The second-order valence-corrected chi connectivity index (χ2v) is 13.8. The minimum Gasteiger partial charge on any atom is -0.310 e. The Kier molecular flexibility index (Phi) is 7.24. The molecule has 0 fully saturated rings. The third-order valence-corrected chi connectivity index (χ3v) is 10.4. The predicted molar refractivity (Wildman–Crippen MR) is 237 cm³/mol. The van der Waals surface area contributed by atoms with Crippen LogP contribution in [-0.4, -0.2) is 4.57 Å². The van der Waals surface area contributed by atoms with Gasteiger partial charge in [-0.1, -0.05) is 164 Å². The van der Waals surface area contributed by atoms with E-state index in [1.54, 1.807) is 4.90 Å². The largest absolute Gasteiger partial charge is 0.310 e. The lowest BCUT2D eigenvalue weighted by Crippen LogP contribution is -2.09. The van der Waals surface area contributed by atoms with E-state index < -0.39 is 6.04 Å². The number of anilines is 3. The average molecular weight is 720 g/mol. The van der Waals surface area contributed by atoms with Crippen LogP contribution >= 0.6 is 0 Å². The van der Waals surface area contributed by atoms with Crippen LogP contribution < -0.4 is 4.90 Å². The number of nitrogens with zero attached hydrogens (tertiary/aromatic N) is 2. The molecule has 264 valence electrons. The summed E-state index contributed by atoms with van der Waals surface area (Å²) in [6.07, 6.45) is 0. The summed E-state index contributed by atoms with van der Waals surface area (Å²) in [6, 6.07) is 67.2. The van der Waals surface area contributed by atoms with E-state index in [1.165, 1.54) is 5.39 Å². The van der Waals surface area contributed by atoms with Crippen molar-refractivity contribution < 1.29 is 6.85 Å². The van der Waals surface area contributed by atoms with E-state index in [9.17, 15) is 0 Å². The average Bonchev–Trinajstić information content (AvgIpc) is 3.66. The van der Waals surface area contributed by atoms with Crippen molar-refractivity contribution in [2.45, 2.75) is 0 Å². The fourth-order valence-corrected chi connectivity index (χ4v) is 7.89. The highest BCUT2D eigenvalue weighted by Gasteiger charge is 2.18. The molecule has 2 nitrogen and oxygen atoms in total. The molecule has 1 aromatic heterocycles. The van der Waals surface area contributed by atoms with Crippen LogP contribution in [0, 0.1) is 0 Å². The molecule has 0 aliphatic carbocycles. The van der Waals surface area contributed by atoms with Gasteiger partial charge in [-0.25, -0.2) is 0 Å².